The van der Waals surface area contributed by atoms with Crippen LogP contribution in [0.4, 0.5) is 10.8 Å². The van der Waals surface area contributed by atoms with E-state index in [-0.39, 0.29) is 10.8 Å². The number of sulfonamides is 1. The van der Waals surface area contributed by atoms with E-state index < -0.39 is 15.9 Å². The number of ether oxygens (including phenoxy) is 1. The second-order valence-corrected chi connectivity index (χ2v) is 13.2. The van der Waals surface area contributed by atoms with E-state index in [0.717, 1.165) is 31.2 Å². The molecule has 2 aromatic carbocycles. The summed E-state index contributed by atoms with van der Waals surface area (Å²) in [5, 5.41) is 3.43. The SMILES string of the molecule is CCCC(CCC)CC(C(=O)Nc1nc(C)ccc(OC)ncs1)c1ccc(S(=O)(=O)N(CCC)c2ccccc2)cc1. The summed E-state index contributed by atoms with van der Waals surface area (Å²) in [6.45, 7) is 8.48. The maximum atomic E-state index is 13.9. The third kappa shape index (κ3) is 9.76. The van der Waals surface area contributed by atoms with Gasteiger partial charge in [0.25, 0.3) is 10.0 Å². The maximum absolute atomic E-state index is 13.9. The predicted molar refractivity (Wildman–Crippen MR) is 176 cm³/mol. The van der Waals surface area contributed by atoms with Gasteiger partial charge < -0.3 is 10.1 Å². The van der Waals surface area contributed by atoms with Crippen molar-refractivity contribution in [2.75, 3.05) is 23.3 Å². The van der Waals surface area contributed by atoms with Crippen molar-refractivity contribution in [3.63, 3.8) is 0 Å². The summed E-state index contributed by atoms with van der Waals surface area (Å²) in [6, 6.07) is 19.4. The number of para-hydroxylation sites is 1. The fourth-order valence-corrected chi connectivity index (χ4v) is 7.24. The van der Waals surface area contributed by atoms with Crippen molar-refractivity contribution in [3.8, 4) is 5.88 Å². The fraction of sp³-hybridized carbons (Fsp3) is 0.424. The van der Waals surface area contributed by atoms with Crippen molar-refractivity contribution >= 4 is 38.1 Å². The van der Waals surface area contributed by atoms with Gasteiger partial charge in [0.2, 0.25) is 11.8 Å². The third-order valence-corrected chi connectivity index (χ3v) is 9.62. The third-order valence-electron chi connectivity index (χ3n) is 7.15. The lowest BCUT2D eigenvalue weighted by molar-refractivity contribution is -0.118. The first-order valence-corrected chi connectivity index (χ1v) is 17.2. The van der Waals surface area contributed by atoms with Crippen molar-refractivity contribution < 1.29 is 17.9 Å². The molecule has 0 saturated carbocycles. The Morgan fingerprint density at radius 2 is 1.63 bits per heavy atom. The number of nitrogens with zero attached hydrogens (tertiary/aromatic N) is 3. The van der Waals surface area contributed by atoms with Crippen LogP contribution in [0.2, 0.25) is 0 Å². The zero-order chi connectivity index (χ0) is 31.2. The van der Waals surface area contributed by atoms with Crippen LogP contribution in [0, 0.1) is 12.8 Å². The molecule has 8 nitrogen and oxygen atoms in total. The van der Waals surface area contributed by atoms with Crippen LogP contribution < -0.4 is 14.4 Å². The number of methoxy groups -OCH3 is 1. The van der Waals surface area contributed by atoms with Crippen molar-refractivity contribution in [2.45, 2.75) is 77.0 Å². The molecule has 0 radical (unpaired) electrons. The van der Waals surface area contributed by atoms with E-state index in [9.17, 15) is 13.2 Å². The minimum absolute atomic E-state index is 0.184. The summed E-state index contributed by atoms with van der Waals surface area (Å²) in [4.78, 5) is 22.9. The Kier molecular flexibility index (Phi) is 13.4. The molecule has 3 rings (SSSR count). The molecule has 1 N–H and O–H groups in total. The number of carbonyl (C=O) groups excluding carboxylic acids is 1. The number of carbonyl (C=O) groups is 1. The number of amides is 1. The van der Waals surface area contributed by atoms with E-state index in [1.165, 1.54) is 15.6 Å². The molecule has 0 spiro atoms. The molecule has 10 heteroatoms. The van der Waals surface area contributed by atoms with Crippen LogP contribution in [0.15, 0.2) is 77.1 Å². The molecule has 1 atom stereocenters. The number of benzene rings is 2. The van der Waals surface area contributed by atoms with Crippen molar-refractivity contribution in [1.29, 1.82) is 0 Å². The van der Waals surface area contributed by atoms with Gasteiger partial charge in [-0.1, -0.05) is 88.1 Å². The second-order valence-electron chi connectivity index (χ2n) is 10.5. The van der Waals surface area contributed by atoms with Gasteiger partial charge in [0, 0.05) is 18.3 Å². The van der Waals surface area contributed by atoms with Gasteiger partial charge in [-0.25, -0.2) is 18.4 Å². The number of aromatic nitrogens is 2. The molecule has 232 valence electrons. The maximum Gasteiger partial charge on any atom is 0.264 e. The van der Waals surface area contributed by atoms with E-state index in [1.807, 2.05) is 32.0 Å². The van der Waals surface area contributed by atoms with E-state index in [0.29, 0.717) is 47.7 Å². The Morgan fingerprint density at radius 3 is 2.23 bits per heavy atom. The van der Waals surface area contributed by atoms with Gasteiger partial charge >= 0.3 is 0 Å². The zero-order valence-electron chi connectivity index (χ0n) is 25.8. The quantitative estimate of drug-likeness (QED) is 0.184. The molecular weight excluding hydrogens is 581 g/mol. The topological polar surface area (TPSA) is 101 Å². The van der Waals surface area contributed by atoms with Crippen LogP contribution in [-0.2, 0) is 14.8 Å². The lowest BCUT2D eigenvalue weighted by Gasteiger charge is -2.25. The molecule has 0 aliphatic carbocycles. The minimum atomic E-state index is -3.79. The lowest BCUT2D eigenvalue weighted by Crippen LogP contribution is -2.31. The second kappa shape index (κ2) is 17.0. The van der Waals surface area contributed by atoms with Crippen molar-refractivity contribution in [2.24, 2.45) is 5.92 Å². The first kappa shape index (κ1) is 34.0. The number of rotatable bonds is 15. The van der Waals surface area contributed by atoms with E-state index in [4.69, 9.17) is 4.74 Å². The van der Waals surface area contributed by atoms with Crippen LogP contribution in [0.5, 0.6) is 5.88 Å². The first-order chi connectivity index (χ1) is 20.7. The van der Waals surface area contributed by atoms with Gasteiger partial charge in [-0.05, 0) is 61.6 Å². The Bertz CT molecular complexity index is 1450. The number of nitrogens with one attached hydrogen (secondary N) is 1. The van der Waals surface area contributed by atoms with Crippen LogP contribution in [0.1, 0.15) is 76.5 Å². The zero-order valence-corrected chi connectivity index (χ0v) is 27.5. The van der Waals surface area contributed by atoms with E-state index in [2.05, 4.69) is 29.1 Å². The van der Waals surface area contributed by atoms with Crippen LogP contribution in [-0.4, -0.2) is 37.9 Å². The Morgan fingerprint density at radius 1 is 0.953 bits per heavy atom. The minimum Gasteiger partial charge on any atom is -0.481 e. The summed E-state index contributed by atoms with van der Waals surface area (Å²) >= 11 is 1.21. The summed E-state index contributed by atoms with van der Waals surface area (Å²) in [7, 11) is -2.24. The molecule has 3 aromatic rings. The summed E-state index contributed by atoms with van der Waals surface area (Å²) in [6.07, 6.45) is 5.42. The molecule has 0 aliphatic heterocycles. The molecule has 0 saturated heterocycles. The smallest absolute Gasteiger partial charge is 0.264 e. The number of hydrogen-bond donors (Lipinski definition) is 1. The summed E-state index contributed by atoms with van der Waals surface area (Å²) < 4.78 is 34.1. The predicted octanol–water partition coefficient (Wildman–Crippen LogP) is 7.91. The Balaban J connectivity index is 1.98. The van der Waals surface area contributed by atoms with Crippen LogP contribution in [0.3, 0.4) is 0 Å². The lowest BCUT2D eigenvalue weighted by atomic mass is 9.84. The Labute approximate surface area is 260 Å². The molecule has 0 aliphatic rings. The van der Waals surface area contributed by atoms with Gasteiger partial charge in [0.15, 0.2) is 5.13 Å². The highest BCUT2D eigenvalue weighted by Gasteiger charge is 2.28. The van der Waals surface area contributed by atoms with Gasteiger partial charge in [0.05, 0.1) is 29.1 Å². The average molecular weight is 625 g/mol. The molecule has 1 aromatic heterocycles. The van der Waals surface area contributed by atoms with E-state index in [1.54, 1.807) is 61.2 Å². The van der Waals surface area contributed by atoms with Gasteiger partial charge in [0.1, 0.15) is 0 Å². The Hall–Kier alpha value is -3.50. The van der Waals surface area contributed by atoms with Crippen LogP contribution in [0.25, 0.3) is 0 Å². The normalized spacial score (nSPS) is 12.0. The number of aryl methyl sites for hydroxylation is 1. The highest BCUT2D eigenvalue weighted by molar-refractivity contribution is 7.92. The summed E-state index contributed by atoms with van der Waals surface area (Å²) in [5.41, 5.74) is 3.68. The number of anilines is 2. The highest BCUT2D eigenvalue weighted by Crippen LogP contribution is 2.32. The summed E-state index contributed by atoms with van der Waals surface area (Å²) in [5.74, 6) is 0.134. The number of hydrogen-bond acceptors (Lipinski definition) is 7. The van der Waals surface area contributed by atoms with E-state index >= 15 is 0 Å². The highest BCUT2D eigenvalue weighted by atomic mass is 32.2. The van der Waals surface area contributed by atoms with Crippen molar-refractivity contribution in [3.05, 3.63) is 83.5 Å². The largest absolute Gasteiger partial charge is 0.481 e. The molecule has 0 bridgehead atoms. The van der Waals surface area contributed by atoms with Crippen molar-refractivity contribution in [1.82, 2.24) is 9.97 Å². The monoisotopic (exact) mass is 624 g/mol. The molecule has 1 unspecified atom stereocenters. The average Bonchev–Trinajstić information content (AvgIpc) is 3.09. The first-order valence-electron chi connectivity index (χ1n) is 14.9. The molecule has 0 fully saturated rings. The van der Waals surface area contributed by atoms with Gasteiger partial charge in [-0.3, -0.25) is 9.10 Å². The van der Waals surface area contributed by atoms with Crippen LogP contribution >= 0.6 is 11.3 Å². The molecular formula is C33H44N4O4S2. The van der Waals surface area contributed by atoms with Gasteiger partial charge in [-0.15, -0.1) is 0 Å². The fourth-order valence-electron chi connectivity index (χ4n) is 5.07. The molecule has 1 amide bonds. The standard InChI is InChI=1S/C33H44N4O4S2/c1-6-12-26(13-7-2)23-30(32(38)36-33-35-25(4)16-21-31(41-5)34-24-42-33)27-17-19-29(20-18-27)43(39,40)37(22-8-3)28-14-10-9-11-15-28/h9-11,14-21,24,26,30H,6-8,12-13,22-23H2,1-5H3,(H,35,36,38). The molecule has 1 heterocycles. The molecule has 43 heavy (non-hydrogen) atoms. The van der Waals surface area contributed by atoms with Gasteiger partial charge in [-0.2, -0.15) is 0 Å².